The molecule has 0 aliphatic carbocycles. The summed E-state index contributed by atoms with van der Waals surface area (Å²) in [5.41, 5.74) is 6.25. The second-order valence-corrected chi connectivity index (χ2v) is 4.11. The number of carbonyl (C=O) groups excluding carboxylic acids is 1. The summed E-state index contributed by atoms with van der Waals surface area (Å²) < 4.78 is 0. The van der Waals surface area contributed by atoms with Gasteiger partial charge in [-0.25, -0.2) is 9.97 Å². The van der Waals surface area contributed by atoms with E-state index in [9.17, 15) is 4.79 Å². The number of nitrogens with two attached hydrogens (primary N) is 1. The maximum absolute atomic E-state index is 12.1. The Morgan fingerprint density at radius 2 is 1.94 bits per heavy atom. The number of aromatic nitrogens is 2. The van der Waals surface area contributed by atoms with Crippen molar-refractivity contribution in [1.82, 2.24) is 9.97 Å². The maximum atomic E-state index is 12.1. The highest BCUT2D eigenvalue weighted by molar-refractivity contribution is 6.31. The topological polar surface area (TPSA) is 68.9 Å². The van der Waals surface area contributed by atoms with Crippen molar-refractivity contribution >= 4 is 34.8 Å². The van der Waals surface area contributed by atoms with Gasteiger partial charge in [-0.15, -0.1) is 0 Å². The third-order valence-corrected chi connectivity index (χ3v) is 2.55. The van der Waals surface area contributed by atoms with E-state index in [4.69, 9.17) is 28.9 Å². The Kier molecular flexibility index (Phi) is 3.26. The van der Waals surface area contributed by atoms with Crippen LogP contribution in [0.2, 0.25) is 10.2 Å². The van der Waals surface area contributed by atoms with Crippen molar-refractivity contribution in [2.45, 2.75) is 0 Å². The van der Waals surface area contributed by atoms with Crippen molar-refractivity contribution in [3.8, 4) is 0 Å². The lowest BCUT2D eigenvalue weighted by Crippen LogP contribution is -2.07. The summed E-state index contributed by atoms with van der Waals surface area (Å²) in [6.45, 7) is 0. The highest BCUT2D eigenvalue weighted by atomic mass is 35.5. The summed E-state index contributed by atoms with van der Waals surface area (Å²) in [4.78, 5) is 19.7. The van der Waals surface area contributed by atoms with Crippen LogP contribution in [0.5, 0.6) is 0 Å². The first-order valence-electron chi connectivity index (χ1n) is 4.65. The van der Waals surface area contributed by atoms with Crippen molar-refractivity contribution in [3.05, 3.63) is 51.9 Å². The summed E-state index contributed by atoms with van der Waals surface area (Å²) in [7, 11) is 0. The predicted molar refractivity (Wildman–Crippen MR) is 66.3 cm³/mol. The number of rotatable bonds is 2. The first-order valence-corrected chi connectivity index (χ1v) is 5.41. The fraction of sp³-hybridized carbons (Fsp3) is 0. The van der Waals surface area contributed by atoms with Gasteiger partial charge in [0.25, 0.3) is 0 Å². The number of nitrogen functional groups attached to an aromatic ring is 1. The standard InChI is InChI=1S/C11H7Cl2N3O/c12-7-3-8(11(14)16-5-7)10(17)6-1-2-9(13)15-4-6/h1-5H,(H2,14,16). The first kappa shape index (κ1) is 11.8. The number of halogens is 2. The van der Waals surface area contributed by atoms with Gasteiger partial charge in [-0.3, -0.25) is 4.79 Å². The molecule has 6 heteroatoms. The van der Waals surface area contributed by atoms with Crippen molar-refractivity contribution < 1.29 is 4.79 Å². The summed E-state index contributed by atoms with van der Waals surface area (Å²) in [5.74, 6) is -0.156. The molecule has 0 amide bonds. The molecule has 2 rings (SSSR count). The second-order valence-electron chi connectivity index (χ2n) is 3.29. The average molecular weight is 268 g/mol. The number of pyridine rings is 2. The van der Waals surface area contributed by atoms with E-state index in [1.54, 1.807) is 6.07 Å². The van der Waals surface area contributed by atoms with Gasteiger partial charge in [-0.05, 0) is 18.2 Å². The number of anilines is 1. The van der Waals surface area contributed by atoms with E-state index < -0.39 is 0 Å². The van der Waals surface area contributed by atoms with Gasteiger partial charge in [0, 0.05) is 18.0 Å². The van der Waals surface area contributed by atoms with E-state index in [1.165, 1.54) is 24.5 Å². The number of hydrogen-bond donors (Lipinski definition) is 1. The van der Waals surface area contributed by atoms with Crippen LogP contribution in [-0.2, 0) is 0 Å². The lowest BCUT2D eigenvalue weighted by atomic mass is 10.1. The minimum atomic E-state index is -0.290. The average Bonchev–Trinajstić information content (AvgIpc) is 2.32. The fourth-order valence-electron chi connectivity index (χ4n) is 1.30. The predicted octanol–water partition coefficient (Wildman–Crippen LogP) is 2.60. The van der Waals surface area contributed by atoms with Crippen LogP contribution in [0.15, 0.2) is 30.6 Å². The summed E-state index contributed by atoms with van der Waals surface area (Å²) >= 11 is 11.4. The largest absolute Gasteiger partial charge is 0.383 e. The Morgan fingerprint density at radius 3 is 2.59 bits per heavy atom. The molecule has 0 aromatic carbocycles. The smallest absolute Gasteiger partial charge is 0.198 e. The zero-order valence-corrected chi connectivity index (χ0v) is 10.0. The van der Waals surface area contributed by atoms with Crippen LogP contribution in [0.4, 0.5) is 5.82 Å². The molecule has 2 aromatic rings. The molecule has 0 aliphatic rings. The van der Waals surface area contributed by atoms with Gasteiger partial charge in [0.2, 0.25) is 0 Å². The fourth-order valence-corrected chi connectivity index (χ4v) is 1.57. The molecule has 0 atom stereocenters. The number of hydrogen-bond acceptors (Lipinski definition) is 4. The normalized spacial score (nSPS) is 10.2. The molecule has 0 saturated heterocycles. The maximum Gasteiger partial charge on any atom is 0.198 e. The quantitative estimate of drug-likeness (QED) is 0.671. The van der Waals surface area contributed by atoms with Crippen molar-refractivity contribution in [2.75, 3.05) is 5.73 Å². The third-order valence-electron chi connectivity index (χ3n) is 2.12. The van der Waals surface area contributed by atoms with Gasteiger partial charge in [-0.1, -0.05) is 23.2 Å². The van der Waals surface area contributed by atoms with Gasteiger partial charge in [0.1, 0.15) is 11.0 Å². The van der Waals surface area contributed by atoms with Crippen molar-refractivity contribution in [2.24, 2.45) is 0 Å². The van der Waals surface area contributed by atoms with Crippen molar-refractivity contribution in [1.29, 1.82) is 0 Å². The Hall–Kier alpha value is -1.65. The molecule has 0 fully saturated rings. The van der Waals surface area contributed by atoms with E-state index in [1.807, 2.05) is 0 Å². The molecule has 0 unspecified atom stereocenters. The number of nitrogens with zero attached hydrogens (tertiary/aromatic N) is 2. The summed E-state index contributed by atoms with van der Waals surface area (Å²) in [6.07, 6.45) is 2.76. The van der Waals surface area contributed by atoms with E-state index in [0.29, 0.717) is 15.7 Å². The van der Waals surface area contributed by atoms with Crippen LogP contribution in [0, 0.1) is 0 Å². The van der Waals surface area contributed by atoms with Crippen molar-refractivity contribution in [3.63, 3.8) is 0 Å². The Labute approximate surface area is 107 Å². The van der Waals surface area contributed by atoms with Gasteiger partial charge >= 0.3 is 0 Å². The van der Waals surface area contributed by atoms with Gasteiger partial charge < -0.3 is 5.73 Å². The molecule has 4 nitrogen and oxygen atoms in total. The first-order chi connectivity index (χ1) is 8.08. The highest BCUT2D eigenvalue weighted by Crippen LogP contribution is 2.19. The monoisotopic (exact) mass is 267 g/mol. The molecule has 0 spiro atoms. The third kappa shape index (κ3) is 2.54. The van der Waals surface area contributed by atoms with E-state index in [-0.39, 0.29) is 17.2 Å². The number of carbonyl (C=O) groups is 1. The summed E-state index contributed by atoms with van der Waals surface area (Å²) in [6, 6.07) is 4.57. The minimum absolute atomic E-state index is 0.134. The molecule has 2 heterocycles. The molecule has 2 N–H and O–H groups in total. The second kappa shape index (κ2) is 4.69. The van der Waals surface area contributed by atoms with Crippen LogP contribution >= 0.6 is 23.2 Å². The molecule has 0 radical (unpaired) electrons. The SMILES string of the molecule is Nc1ncc(Cl)cc1C(=O)c1ccc(Cl)nc1. The lowest BCUT2D eigenvalue weighted by Gasteiger charge is -2.04. The Morgan fingerprint density at radius 1 is 1.18 bits per heavy atom. The van der Waals surface area contributed by atoms with Crippen LogP contribution < -0.4 is 5.73 Å². The summed E-state index contributed by atoms with van der Waals surface area (Å²) in [5, 5.41) is 0.670. The molecule has 0 aliphatic heterocycles. The Bertz CT molecular complexity index is 569. The molecule has 2 aromatic heterocycles. The van der Waals surface area contributed by atoms with Gasteiger partial charge in [0.05, 0.1) is 10.6 Å². The lowest BCUT2D eigenvalue weighted by molar-refractivity contribution is 0.103. The van der Waals surface area contributed by atoms with E-state index in [0.717, 1.165) is 0 Å². The molecular weight excluding hydrogens is 261 g/mol. The molecule has 17 heavy (non-hydrogen) atoms. The molecular formula is C11H7Cl2N3O. The highest BCUT2D eigenvalue weighted by Gasteiger charge is 2.14. The molecule has 0 saturated carbocycles. The van der Waals surface area contributed by atoms with Gasteiger partial charge in [0.15, 0.2) is 5.78 Å². The number of ketones is 1. The zero-order chi connectivity index (χ0) is 12.4. The Balaban J connectivity index is 2.43. The van der Waals surface area contributed by atoms with Crippen LogP contribution in [0.1, 0.15) is 15.9 Å². The van der Waals surface area contributed by atoms with E-state index in [2.05, 4.69) is 9.97 Å². The minimum Gasteiger partial charge on any atom is -0.383 e. The molecule has 86 valence electrons. The zero-order valence-electron chi connectivity index (χ0n) is 8.52. The van der Waals surface area contributed by atoms with Crippen LogP contribution in [0.25, 0.3) is 0 Å². The van der Waals surface area contributed by atoms with E-state index >= 15 is 0 Å². The molecule has 0 bridgehead atoms. The van der Waals surface area contributed by atoms with Crippen LogP contribution in [-0.4, -0.2) is 15.8 Å². The van der Waals surface area contributed by atoms with Gasteiger partial charge in [-0.2, -0.15) is 0 Å². The van der Waals surface area contributed by atoms with Crippen LogP contribution in [0.3, 0.4) is 0 Å².